The van der Waals surface area contributed by atoms with Crippen molar-refractivity contribution in [2.45, 2.75) is 31.5 Å². The maximum atomic E-state index is 14.3. The Morgan fingerprint density at radius 2 is 1.72 bits per heavy atom. The van der Waals surface area contributed by atoms with Gasteiger partial charge in [-0.25, -0.2) is 32.0 Å². The Bertz CT molecular complexity index is 1230. The lowest BCUT2D eigenvalue weighted by Crippen LogP contribution is -2.15. The molecular weight excluding hydrogens is 444 g/mol. The van der Waals surface area contributed by atoms with Gasteiger partial charge in [0.25, 0.3) is 10.0 Å². The third kappa shape index (κ3) is 5.42. The van der Waals surface area contributed by atoms with Gasteiger partial charge in [0.15, 0.2) is 11.6 Å². The van der Waals surface area contributed by atoms with Gasteiger partial charge in [0.05, 0.1) is 16.7 Å². The number of benzene rings is 2. The van der Waals surface area contributed by atoms with Gasteiger partial charge < -0.3 is 9.84 Å². The highest BCUT2D eigenvalue weighted by Crippen LogP contribution is 2.25. The van der Waals surface area contributed by atoms with E-state index < -0.39 is 38.9 Å². The third-order valence-electron chi connectivity index (χ3n) is 4.26. The van der Waals surface area contributed by atoms with E-state index in [-0.39, 0.29) is 17.6 Å². The molecule has 1 aromatic heterocycles. The van der Waals surface area contributed by atoms with Crippen LogP contribution >= 0.6 is 0 Å². The van der Waals surface area contributed by atoms with E-state index in [0.717, 1.165) is 0 Å². The largest absolute Gasteiger partial charge is 0.478 e. The van der Waals surface area contributed by atoms with Crippen molar-refractivity contribution < 1.29 is 31.8 Å². The molecule has 8 nitrogen and oxygen atoms in total. The number of aromatic carboxylic acids is 1. The molecule has 11 heteroatoms. The highest BCUT2D eigenvalue weighted by atomic mass is 32.2. The van der Waals surface area contributed by atoms with Crippen LogP contribution in [-0.4, -0.2) is 35.6 Å². The van der Waals surface area contributed by atoms with Crippen molar-refractivity contribution in [3.05, 3.63) is 71.8 Å². The van der Waals surface area contributed by atoms with Crippen molar-refractivity contribution in [1.82, 2.24) is 9.97 Å². The number of hydrogen-bond acceptors (Lipinski definition) is 6. The molecule has 168 valence electrons. The molecule has 32 heavy (non-hydrogen) atoms. The molecule has 0 saturated carbocycles. The average molecular weight is 463 g/mol. The van der Waals surface area contributed by atoms with Crippen LogP contribution in [0.1, 0.15) is 30.0 Å². The number of rotatable bonds is 8. The fourth-order valence-corrected chi connectivity index (χ4v) is 3.72. The number of carbonyl (C=O) groups is 1. The first-order valence-corrected chi connectivity index (χ1v) is 10.8. The number of carboxylic acids is 1. The molecule has 0 aliphatic rings. The van der Waals surface area contributed by atoms with E-state index in [1.807, 2.05) is 18.6 Å². The van der Waals surface area contributed by atoms with Crippen LogP contribution in [-0.2, 0) is 21.4 Å². The Kier molecular flexibility index (Phi) is 6.80. The number of sulfonamides is 1. The molecule has 0 radical (unpaired) electrons. The van der Waals surface area contributed by atoms with Gasteiger partial charge >= 0.3 is 5.97 Å². The SMILES string of the molecule is CC(C)OCc1ncc(-c2ccc(S(=O)(=O)Nc3cc(F)cc(C(=O)O)c3F)cc2)cn1. The molecular formula is C21H19F2N3O5S. The fourth-order valence-electron chi connectivity index (χ4n) is 2.67. The molecule has 0 aliphatic heterocycles. The van der Waals surface area contributed by atoms with E-state index in [1.165, 1.54) is 24.3 Å². The molecule has 0 amide bonds. The lowest BCUT2D eigenvalue weighted by molar-refractivity contribution is 0.0612. The zero-order valence-electron chi connectivity index (χ0n) is 17.0. The molecule has 2 aromatic carbocycles. The standard InChI is InChI=1S/C21H19F2N3O5S/c1-12(2)31-11-19-24-9-14(10-25-19)13-3-5-16(6-4-13)32(29,30)26-18-8-15(22)7-17(20(18)23)21(27)28/h3-10,12,26H,11H2,1-2H3,(H,27,28). The molecule has 0 unspecified atom stereocenters. The Morgan fingerprint density at radius 3 is 2.28 bits per heavy atom. The maximum absolute atomic E-state index is 14.3. The lowest BCUT2D eigenvalue weighted by atomic mass is 10.1. The zero-order valence-corrected chi connectivity index (χ0v) is 17.9. The van der Waals surface area contributed by atoms with Crippen LogP contribution in [0, 0.1) is 11.6 Å². The van der Waals surface area contributed by atoms with Crippen molar-refractivity contribution >= 4 is 21.7 Å². The summed E-state index contributed by atoms with van der Waals surface area (Å²) in [5, 5.41) is 8.94. The second kappa shape index (κ2) is 9.37. The Hall–Kier alpha value is -3.44. The molecule has 0 bridgehead atoms. The number of nitrogens with one attached hydrogen (secondary N) is 1. The first kappa shape index (κ1) is 23.2. The molecule has 3 aromatic rings. The van der Waals surface area contributed by atoms with Crippen LogP contribution in [0.25, 0.3) is 11.1 Å². The number of halogens is 2. The molecule has 0 spiro atoms. The van der Waals surface area contributed by atoms with E-state index in [0.29, 0.717) is 29.1 Å². The Morgan fingerprint density at radius 1 is 1.09 bits per heavy atom. The van der Waals surface area contributed by atoms with Crippen molar-refractivity contribution in [2.75, 3.05) is 4.72 Å². The van der Waals surface area contributed by atoms with E-state index in [1.54, 1.807) is 12.4 Å². The van der Waals surface area contributed by atoms with Crippen LogP contribution in [0.3, 0.4) is 0 Å². The monoisotopic (exact) mass is 463 g/mol. The minimum atomic E-state index is -4.31. The van der Waals surface area contributed by atoms with Gasteiger partial charge in [0.1, 0.15) is 18.0 Å². The number of ether oxygens (including phenoxy) is 1. The number of aromatic nitrogens is 2. The molecule has 1 heterocycles. The van der Waals surface area contributed by atoms with Gasteiger partial charge in [0, 0.05) is 24.0 Å². The van der Waals surface area contributed by atoms with Crippen molar-refractivity contribution in [1.29, 1.82) is 0 Å². The highest BCUT2D eigenvalue weighted by Gasteiger charge is 2.22. The Balaban J connectivity index is 1.80. The maximum Gasteiger partial charge on any atom is 0.338 e. The fraction of sp³-hybridized carbons (Fsp3) is 0.190. The second-order valence-electron chi connectivity index (χ2n) is 7.00. The van der Waals surface area contributed by atoms with Gasteiger partial charge in [-0.05, 0) is 37.6 Å². The quantitative estimate of drug-likeness (QED) is 0.521. The number of anilines is 1. The summed E-state index contributed by atoms with van der Waals surface area (Å²) in [6, 6.07) is 6.57. The van der Waals surface area contributed by atoms with Crippen LogP contribution in [0.4, 0.5) is 14.5 Å². The van der Waals surface area contributed by atoms with E-state index in [9.17, 15) is 22.0 Å². The normalized spacial score (nSPS) is 11.5. The highest BCUT2D eigenvalue weighted by molar-refractivity contribution is 7.92. The topological polar surface area (TPSA) is 118 Å². The summed E-state index contributed by atoms with van der Waals surface area (Å²) in [4.78, 5) is 19.2. The molecule has 0 aliphatic carbocycles. The second-order valence-corrected chi connectivity index (χ2v) is 8.68. The molecule has 0 saturated heterocycles. The predicted octanol–water partition coefficient (Wildman–Crippen LogP) is 3.85. The molecule has 3 rings (SSSR count). The van der Waals surface area contributed by atoms with Gasteiger partial charge in [0.2, 0.25) is 0 Å². The van der Waals surface area contributed by atoms with Gasteiger partial charge in [-0.2, -0.15) is 0 Å². The predicted molar refractivity (Wildman–Crippen MR) is 112 cm³/mol. The number of hydrogen-bond donors (Lipinski definition) is 2. The first-order chi connectivity index (χ1) is 15.1. The van der Waals surface area contributed by atoms with Crippen LogP contribution < -0.4 is 4.72 Å². The van der Waals surface area contributed by atoms with Crippen LogP contribution in [0.15, 0.2) is 53.7 Å². The summed E-state index contributed by atoms with van der Waals surface area (Å²) < 4.78 is 60.4. The van der Waals surface area contributed by atoms with Gasteiger partial charge in [-0.1, -0.05) is 12.1 Å². The van der Waals surface area contributed by atoms with Crippen molar-refractivity contribution in [3.8, 4) is 11.1 Å². The summed E-state index contributed by atoms with van der Waals surface area (Å²) in [6.07, 6.45) is 3.19. The van der Waals surface area contributed by atoms with E-state index in [2.05, 4.69) is 9.97 Å². The summed E-state index contributed by atoms with van der Waals surface area (Å²) >= 11 is 0. The summed E-state index contributed by atoms with van der Waals surface area (Å²) in [5.74, 6) is -3.71. The van der Waals surface area contributed by atoms with Crippen molar-refractivity contribution in [2.24, 2.45) is 0 Å². The summed E-state index contributed by atoms with van der Waals surface area (Å²) in [7, 11) is -4.31. The third-order valence-corrected chi connectivity index (χ3v) is 5.64. The molecule has 2 N–H and O–H groups in total. The minimum absolute atomic E-state index is 0.0398. The summed E-state index contributed by atoms with van der Waals surface area (Å²) in [6.45, 7) is 4.06. The average Bonchev–Trinajstić information content (AvgIpc) is 2.74. The number of carboxylic acid groups (broad SMARTS) is 1. The van der Waals surface area contributed by atoms with Gasteiger partial charge in [-0.15, -0.1) is 0 Å². The number of nitrogens with zero attached hydrogens (tertiary/aromatic N) is 2. The molecule has 0 atom stereocenters. The van der Waals surface area contributed by atoms with Gasteiger partial charge in [-0.3, -0.25) is 4.72 Å². The van der Waals surface area contributed by atoms with E-state index >= 15 is 0 Å². The Labute approximate surface area is 183 Å². The van der Waals surface area contributed by atoms with E-state index in [4.69, 9.17) is 9.84 Å². The van der Waals surface area contributed by atoms with Crippen molar-refractivity contribution in [3.63, 3.8) is 0 Å². The lowest BCUT2D eigenvalue weighted by Gasteiger charge is -2.11. The van der Waals surface area contributed by atoms with Crippen LogP contribution in [0.5, 0.6) is 0 Å². The molecule has 0 fully saturated rings. The zero-order chi connectivity index (χ0) is 23.5. The first-order valence-electron chi connectivity index (χ1n) is 9.35. The smallest absolute Gasteiger partial charge is 0.338 e. The minimum Gasteiger partial charge on any atom is -0.478 e. The van der Waals surface area contributed by atoms with Crippen LogP contribution in [0.2, 0.25) is 0 Å². The summed E-state index contributed by atoms with van der Waals surface area (Å²) in [5.41, 5.74) is -0.526.